The molecule has 42 heavy (non-hydrogen) atoms. The third-order valence-electron chi connectivity index (χ3n) is 9.69. The number of pyridine rings is 1. The number of nitrogens with zero attached hydrogens (tertiary/aromatic N) is 5. The van der Waals surface area contributed by atoms with Crippen LogP contribution in [-0.4, -0.2) is 81.1 Å². The van der Waals surface area contributed by atoms with E-state index < -0.39 is 12.0 Å². The van der Waals surface area contributed by atoms with Crippen molar-refractivity contribution in [1.29, 1.82) is 0 Å². The number of piperazine rings is 1. The first-order valence-corrected chi connectivity index (χ1v) is 14.7. The van der Waals surface area contributed by atoms with E-state index in [4.69, 9.17) is 21.1 Å². The Morgan fingerprint density at radius 2 is 2.00 bits per heavy atom. The van der Waals surface area contributed by atoms with E-state index in [1.54, 1.807) is 24.5 Å². The summed E-state index contributed by atoms with van der Waals surface area (Å²) in [6.45, 7) is 3.30. The van der Waals surface area contributed by atoms with Crippen LogP contribution < -0.4 is 15.0 Å². The van der Waals surface area contributed by atoms with Crippen molar-refractivity contribution in [3.63, 3.8) is 0 Å². The first-order valence-electron chi connectivity index (χ1n) is 14.7. The number of nitrogens with one attached hydrogen (secondary N) is 1. The predicted octanol–water partition coefficient (Wildman–Crippen LogP) is 4.30. The largest absolute Gasteiger partial charge is 0.508 e. The molecule has 4 aliphatic rings. The van der Waals surface area contributed by atoms with Gasteiger partial charge in [-0.25, -0.2) is 13.8 Å². The van der Waals surface area contributed by atoms with E-state index in [0.29, 0.717) is 65.0 Å². The lowest BCUT2D eigenvalue weighted by atomic mass is 9.95. The number of rotatable bonds is 5. The lowest BCUT2D eigenvalue weighted by molar-refractivity contribution is 0.111. The Hall–Kier alpha value is -3.94. The molecule has 10 heteroatoms. The molecular weight excluding hydrogens is 538 g/mol. The number of phenolic OH excluding ortho intramolecular Hbond substituents is 1. The van der Waals surface area contributed by atoms with Gasteiger partial charge < -0.3 is 20.1 Å². The van der Waals surface area contributed by atoms with Crippen molar-refractivity contribution in [2.24, 2.45) is 0 Å². The summed E-state index contributed by atoms with van der Waals surface area (Å²) in [5, 5.41) is 15.4. The molecule has 216 valence electrons. The van der Waals surface area contributed by atoms with E-state index >= 15 is 0 Å². The van der Waals surface area contributed by atoms with Crippen LogP contribution in [0.25, 0.3) is 27.5 Å². The van der Waals surface area contributed by atoms with Crippen molar-refractivity contribution >= 4 is 27.6 Å². The fourth-order valence-corrected chi connectivity index (χ4v) is 7.82. The normalized spacial score (nSPS) is 27.2. The quantitative estimate of drug-likeness (QED) is 0.347. The van der Waals surface area contributed by atoms with Crippen LogP contribution in [0.5, 0.6) is 11.6 Å². The number of halogens is 2. The smallest absolute Gasteiger partial charge is 0.217 e. The molecule has 4 saturated heterocycles. The zero-order valence-corrected chi connectivity index (χ0v) is 23.2. The van der Waals surface area contributed by atoms with Gasteiger partial charge in [0.15, 0.2) is 5.82 Å². The third kappa shape index (κ3) is 4.02. The second-order valence-corrected chi connectivity index (χ2v) is 12.3. The molecule has 4 atom stereocenters. The van der Waals surface area contributed by atoms with Gasteiger partial charge in [0, 0.05) is 55.7 Å². The van der Waals surface area contributed by atoms with Gasteiger partial charge in [-0.15, -0.1) is 6.42 Å². The Kier molecular flexibility index (Phi) is 5.85. The Morgan fingerprint density at radius 3 is 2.81 bits per heavy atom. The topological polar surface area (TPSA) is 78.7 Å². The number of anilines is 1. The summed E-state index contributed by atoms with van der Waals surface area (Å²) in [5.41, 5.74) is 1.71. The third-order valence-corrected chi connectivity index (χ3v) is 9.69. The van der Waals surface area contributed by atoms with Gasteiger partial charge in [0.1, 0.15) is 36.2 Å². The number of benzene rings is 2. The van der Waals surface area contributed by atoms with E-state index in [0.717, 1.165) is 51.1 Å². The van der Waals surface area contributed by atoms with Crippen LogP contribution in [0.4, 0.5) is 14.6 Å². The highest BCUT2D eigenvalue weighted by Gasteiger charge is 2.49. The molecule has 8 rings (SSSR count). The summed E-state index contributed by atoms with van der Waals surface area (Å²) < 4.78 is 37.6. The van der Waals surface area contributed by atoms with Crippen molar-refractivity contribution in [3.8, 4) is 29.7 Å². The van der Waals surface area contributed by atoms with Gasteiger partial charge in [-0.3, -0.25) is 9.47 Å². The number of fused-ring (bicyclic) bond motifs is 5. The average Bonchev–Trinajstić information content (AvgIpc) is 3.73. The lowest BCUT2D eigenvalue weighted by Gasteiger charge is -2.34. The van der Waals surface area contributed by atoms with Crippen molar-refractivity contribution in [1.82, 2.24) is 24.8 Å². The predicted molar refractivity (Wildman–Crippen MR) is 157 cm³/mol. The molecule has 8 nitrogen and oxygen atoms in total. The second kappa shape index (κ2) is 9.54. The van der Waals surface area contributed by atoms with E-state index in [1.165, 1.54) is 6.07 Å². The van der Waals surface area contributed by atoms with Gasteiger partial charge in [-0.2, -0.15) is 4.98 Å². The fourth-order valence-electron chi connectivity index (χ4n) is 7.82. The molecule has 0 spiro atoms. The molecule has 2 aromatic heterocycles. The van der Waals surface area contributed by atoms with Crippen LogP contribution >= 0.6 is 0 Å². The summed E-state index contributed by atoms with van der Waals surface area (Å²) in [4.78, 5) is 14.3. The van der Waals surface area contributed by atoms with E-state index in [1.807, 2.05) is 10.6 Å². The monoisotopic (exact) mass is 570 g/mol. The summed E-state index contributed by atoms with van der Waals surface area (Å²) >= 11 is 0. The molecule has 2 unspecified atom stereocenters. The number of hydrogen-bond acceptors (Lipinski definition) is 7. The Bertz CT molecular complexity index is 1760. The maximum Gasteiger partial charge on any atom is 0.217 e. The van der Waals surface area contributed by atoms with Gasteiger partial charge in [0.2, 0.25) is 5.88 Å². The molecule has 0 amide bonds. The number of imidazole rings is 1. The average molecular weight is 571 g/mol. The first-order chi connectivity index (χ1) is 20.4. The van der Waals surface area contributed by atoms with Gasteiger partial charge in [-0.05, 0) is 49.7 Å². The zero-order chi connectivity index (χ0) is 28.6. The number of ether oxygens (including phenoxy) is 1. The highest BCUT2D eigenvalue weighted by molar-refractivity contribution is 5.99. The Labute approximate surface area is 242 Å². The molecule has 0 aliphatic carbocycles. The van der Waals surface area contributed by atoms with Gasteiger partial charge in [-0.1, -0.05) is 12.0 Å². The molecule has 4 aromatic rings. The standard InChI is InChI=1S/C32H32F2N6O2/c1-2-24-25(34)7-4-19-10-23(41)11-26(29(19)24)40-18-35-30-27(40)12-28(37-31(30)38-15-21-5-6-22(16-38)36-21)42-17-32-8-3-9-39(32)14-20(33)13-32/h1,4,7,10-12,18,20-22,36,41H,3,5-6,8-9,13-17H2/t20-,21?,22?,32+/m1/s1. The SMILES string of the molecule is C#Cc1c(F)ccc2cc(O)cc(-n3cnc4c(N5CC6CCC(C5)N6)nc(OC[C@@]56CCCN5C[C@H](F)C6)cc43)c12. The summed E-state index contributed by atoms with van der Waals surface area (Å²) in [6.07, 6.45) is 11.2. The molecule has 4 aliphatic heterocycles. The Morgan fingerprint density at radius 1 is 1.17 bits per heavy atom. The fraction of sp³-hybridized carbons (Fsp3) is 0.438. The maximum atomic E-state index is 14.9. The van der Waals surface area contributed by atoms with Crippen LogP contribution in [0.1, 0.15) is 37.7 Å². The molecule has 2 bridgehead atoms. The van der Waals surface area contributed by atoms with Crippen molar-refractivity contribution in [2.75, 3.05) is 37.7 Å². The zero-order valence-electron chi connectivity index (χ0n) is 23.2. The van der Waals surface area contributed by atoms with Crippen LogP contribution in [0, 0.1) is 18.2 Å². The molecule has 0 radical (unpaired) electrons. The summed E-state index contributed by atoms with van der Waals surface area (Å²) in [5.74, 6) is 3.18. The van der Waals surface area contributed by atoms with E-state index in [9.17, 15) is 13.9 Å². The molecule has 6 heterocycles. The minimum atomic E-state index is -0.845. The van der Waals surface area contributed by atoms with Gasteiger partial charge in [0.05, 0.1) is 22.3 Å². The first kappa shape index (κ1) is 25.7. The van der Waals surface area contributed by atoms with Gasteiger partial charge in [0.25, 0.3) is 0 Å². The van der Waals surface area contributed by atoms with Crippen LogP contribution in [0.3, 0.4) is 0 Å². The number of hydrogen-bond donors (Lipinski definition) is 2. The van der Waals surface area contributed by atoms with E-state index in [-0.39, 0.29) is 16.9 Å². The summed E-state index contributed by atoms with van der Waals surface area (Å²) in [6, 6.07) is 8.68. The summed E-state index contributed by atoms with van der Waals surface area (Å²) in [7, 11) is 0. The van der Waals surface area contributed by atoms with Crippen molar-refractivity contribution < 1.29 is 18.6 Å². The van der Waals surface area contributed by atoms with Crippen molar-refractivity contribution in [3.05, 3.63) is 48.0 Å². The molecular formula is C32H32F2N6O2. The van der Waals surface area contributed by atoms with Gasteiger partial charge >= 0.3 is 0 Å². The number of aromatic nitrogens is 3. The number of terminal acetylenes is 1. The highest BCUT2D eigenvalue weighted by atomic mass is 19.1. The van der Waals surface area contributed by atoms with Crippen molar-refractivity contribution in [2.45, 2.75) is 55.9 Å². The molecule has 2 N–H and O–H groups in total. The van der Waals surface area contributed by atoms with Crippen LogP contribution in [0.15, 0.2) is 36.7 Å². The molecule has 0 saturated carbocycles. The minimum Gasteiger partial charge on any atom is -0.508 e. The van der Waals surface area contributed by atoms with Crippen LogP contribution in [0.2, 0.25) is 0 Å². The van der Waals surface area contributed by atoms with Crippen LogP contribution in [-0.2, 0) is 0 Å². The lowest BCUT2D eigenvalue weighted by Crippen LogP contribution is -2.51. The maximum absolute atomic E-state index is 14.9. The Balaban J connectivity index is 1.28. The number of aromatic hydroxyl groups is 1. The highest BCUT2D eigenvalue weighted by Crippen LogP contribution is 2.41. The number of phenols is 1. The number of alkyl halides is 1. The molecule has 2 aromatic carbocycles. The second-order valence-electron chi connectivity index (χ2n) is 12.3. The van der Waals surface area contributed by atoms with E-state index in [2.05, 4.69) is 21.0 Å². The minimum absolute atomic E-state index is 0.0285. The molecule has 4 fully saturated rings.